The van der Waals surface area contributed by atoms with Crippen LogP contribution >= 0.6 is 0 Å². The maximum absolute atomic E-state index is 14.7. The Morgan fingerprint density at radius 2 is 1.90 bits per heavy atom. The zero-order valence-corrected chi connectivity index (χ0v) is 18.0. The standard InChI is InChI=1S/C21H32FN3O5/c1-21(2,3)30-20(28)25-15(11-12-17(23)26)13-29-16-9-5-7-14(19(16)22)8-6-10-18(27)24-4/h5,7,9,15H,6,8,10-13H2,1-4H3,(H2,23,26)(H,24,27)(H,25,28). The first kappa shape index (κ1) is 25.2. The monoisotopic (exact) mass is 425 g/mol. The predicted octanol–water partition coefficient (Wildman–Crippen LogP) is 2.43. The Morgan fingerprint density at radius 1 is 1.20 bits per heavy atom. The molecule has 0 fully saturated rings. The number of hydrogen-bond donors (Lipinski definition) is 3. The Bertz CT molecular complexity index is 734. The van der Waals surface area contributed by atoms with Crippen LogP contribution < -0.4 is 21.1 Å². The number of carbonyl (C=O) groups excluding carboxylic acids is 3. The Kier molecular flexibility index (Phi) is 10.1. The Morgan fingerprint density at radius 3 is 2.50 bits per heavy atom. The highest BCUT2D eigenvalue weighted by Gasteiger charge is 2.21. The summed E-state index contributed by atoms with van der Waals surface area (Å²) in [6, 6.07) is 4.18. The maximum Gasteiger partial charge on any atom is 0.407 e. The molecule has 1 aromatic rings. The van der Waals surface area contributed by atoms with Crippen LogP contribution in [0.15, 0.2) is 18.2 Å². The molecule has 1 aromatic carbocycles. The average Bonchev–Trinajstić information content (AvgIpc) is 2.64. The van der Waals surface area contributed by atoms with Crippen molar-refractivity contribution in [3.05, 3.63) is 29.6 Å². The summed E-state index contributed by atoms with van der Waals surface area (Å²) in [5.74, 6) is -1.11. The van der Waals surface area contributed by atoms with Crippen LogP contribution in [0.25, 0.3) is 0 Å². The summed E-state index contributed by atoms with van der Waals surface area (Å²) < 4.78 is 25.5. The van der Waals surface area contributed by atoms with E-state index < -0.39 is 29.5 Å². The van der Waals surface area contributed by atoms with Gasteiger partial charge in [-0.05, 0) is 51.7 Å². The van der Waals surface area contributed by atoms with Crippen molar-refractivity contribution in [2.45, 2.75) is 64.5 Å². The smallest absolute Gasteiger partial charge is 0.407 e. The van der Waals surface area contributed by atoms with Crippen molar-refractivity contribution in [2.75, 3.05) is 13.7 Å². The molecule has 0 aliphatic carbocycles. The minimum absolute atomic E-state index is 0.0301. The molecule has 0 aliphatic heterocycles. The van der Waals surface area contributed by atoms with Gasteiger partial charge in [0.15, 0.2) is 11.6 Å². The molecule has 0 radical (unpaired) electrons. The zero-order chi connectivity index (χ0) is 22.7. The number of primary amides is 1. The lowest BCUT2D eigenvalue weighted by atomic mass is 10.1. The van der Waals surface area contributed by atoms with E-state index in [9.17, 15) is 18.8 Å². The third-order valence-electron chi connectivity index (χ3n) is 4.07. The number of alkyl carbamates (subject to hydrolysis) is 1. The van der Waals surface area contributed by atoms with Crippen LogP contribution in [0.2, 0.25) is 0 Å². The highest BCUT2D eigenvalue weighted by Crippen LogP contribution is 2.22. The largest absolute Gasteiger partial charge is 0.488 e. The van der Waals surface area contributed by atoms with Crippen LogP contribution in [0.1, 0.15) is 52.0 Å². The lowest BCUT2D eigenvalue weighted by Gasteiger charge is -2.24. The fourth-order valence-electron chi connectivity index (χ4n) is 2.60. The minimum Gasteiger partial charge on any atom is -0.488 e. The van der Waals surface area contributed by atoms with Gasteiger partial charge in [-0.15, -0.1) is 0 Å². The lowest BCUT2D eigenvalue weighted by Crippen LogP contribution is -2.42. The molecular formula is C21H32FN3O5. The maximum atomic E-state index is 14.7. The molecular weight excluding hydrogens is 393 g/mol. The summed E-state index contributed by atoms with van der Waals surface area (Å²) in [6.45, 7) is 5.12. The molecule has 0 aliphatic rings. The quantitative estimate of drug-likeness (QED) is 0.503. The summed E-state index contributed by atoms with van der Waals surface area (Å²) >= 11 is 0. The van der Waals surface area contributed by atoms with Gasteiger partial charge in [-0.1, -0.05) is 12.1 Å². The fraction of sp³-hybridized carbons (Fsp3) is 0.571. The molecule has 3 amide bonds. The minimum atomic E-state index is -0.686. The molecule has 1 unspecified atom stereocenters. The van der Waals surface area contributed by atoms with E-state index in [1.165, 1.54) is 6.07 Å². The van der Waals surface area contributed by atoms with Crippen LogP contribution in [-0.2, 0) is 20.7 Å². The van der Waals surface area contributed by atoms with Gasteiger partial charge in [0.1, 0.15) is 12.2 Å². The molecule has 9 heteroatoms. The first-order chi connectivity index (χ1) is 14.0. The molecule has 0 bridgehead atoms. The number of aryl methyl sites for hydroxylation is 1. The Hall–Kier alpha value is -2.84. The van der Waals surface area contributed by atoms with E-state index in [0.29, 0.717) is 24.8 Å². The third-order valence-corrected chi connectivity index (χ3v) is 4.07. The molecule has 168 valence electrons. The van der Waals surface area contributed by atoms with Gasteiger partial charge in [0, 0.05) is 19.9 Å². The van der Waals surface area contributed by atoms with Crippen LogP contribution in [0.3, 0.4) is 0 Å². The Labute approximate surface area is 176 Å². The van der Waals surface area contributed by atoms with Gasteiger partial charge in [0.05, 0.1) is 6.04 Å². The number of nitrogens with two attached hydrogens (primary N) is 1. The normalized spacial score (nSPS) is 12.0. The molecule has 0 saturated carbocycles. The second-order valence-corrected chi connectivity index (χ2v) is 7.92. The van der Waals surface area contributed by atoms with Gasteiger partial charge >= 0.3 is 6.09 Å². The van der Waals surface area contributed by atoms with Gasteiger partial charge in [-0.3, -0.25) is 9.59 Å². The van der Waals surface area contributed by atoms with Gasteiger partial charge in [0.2, 0.25) is 11.8 Å². The number of rotatable bonds is 11. The molecule has 0 aromatic heterocycles. The number of ether oxygens (including phenoxy) is 2. The fourth-order valence-corrected chi connectivity index (χ4v) is 2.60. The third kappa shape index (κ3) is 10.1. The van der Waals surface area contributed by atoms with Crippen LogP contribution in [-0.4, -0.2) is 43.2 Å². The van der Waals surface area contributed by atoms with Crippen molar-refractivity contribution >= 4 is 17.9 Å². The molecule has 8 nitrogen and oxygen atoms in total. The van der Waals surface area contributed by atoms with E-state index >= 15 is 0 Å². The van der Waals surface area contributed by atoms with Gasteiger partial charge in [-0.2, -0.15) is 0 Å². The molecule has 0 heterocycles. The van der Waals surface area contributed by atoms with Crippen LogP contribution in [0.4, 0.5) is 9.18 Å². The summed E-state index contributed by atoms with van der Waals surface area (Å²) in [6.07, 6.45) is 0.785. The van der Waals surface area contributed by atoms with E-state index in [1.54, 1.807) is 40.0 Å². The van der Waals surface area contributed by atoms with E-state index in [1.807, 2.05) is 0 Å². The average molecular weight is 426 g/mol. The van der Waals surface area contributed by atoms with Gasteiger partial charge in [0.25, 0.3) is 0 Å². The summed E-state index contributed by atoms with van der Waals surface area (Å²) in [5.41, 5.74) is 4.94. The first-order valence-corrected chi connectivity index (χ1v) is 9.90. The SMILES string of the molecule is CNC(=O)CCCc1cccc(OCC(CCC(N)=O)NC(=O)OC(C)(C)C)c1F. The zero-order valence-electron chi connectivity index (χ0n) is 18.0. The molecule has 0 saturated heterocycles. The number of benzene rings is 1. The first-order valence-electron chi connectivity index (χ1n) is 9.90. The van der Waals surface area contributed by atoms with Crippen LogP contribution in [0, 0.1) is 5.82 Å². The van der Waals surface area contributed by atoms with Gasteiger partial charge < -0.3 is 25.8 Å². The molecule has 1 atom stereocenters. The molecule has 4 N–H and O–H groups in total. The van der Waals surface area contributed by atoms with Crippen molar-refractivity contribution in [3.63, 3.8) is 0 Å². The second kappa shape index (κ2) is 12.0. The highest BCUT2D eigenvalue weighted by atomic mass is 19.1. The lowest BCUT2D eigenvalue weighted by molar-refractivity contribution is -0.120. The highest BCUT2D eigenvalue weighted by molar-refractivity contribution is 5.75. The number of amides is 3. The van der Waals surface area contributed by atoms with Crippen molar-refractivity contribution in [3.8, 4) is 5.75 Å². The molecule has 30 heavy (non-hydrogen) atoms. The Balaban J connectivity index is 2.74. The predicted molar refractivity (Wildman–Crippen MR) is 110 cm³/mol. The van der Waals surface area contributed by atoms with Gasteiger partial charge in [-0.25, -0.2) is 9.18 Å². The number of halogens is 1. The van der Waals surface area contributed by atoms with Crippen molar-refractivity contribution in [2.24, 2.45) is 5.73 Å². The number of carbonyl (C=O) groups is 3. The van der Waals surface area contributed by atoms with Crippen molar-refractivity contribution in [1.29, 1.82) is 0 Å². The summed E-state index contributed by atoms with van der Waals surface area (Å²) in [7, 11) is 1.55. The molecule has 0 spiro atoms. The number of nitrogens with one attached hydrogen (secondary N) is 2. The van der Waals surface area contributed by atoms with E-state index in [-0.39, 0.29) is 31.1 Å². The van der Waals surface area contributed by atoms with Crippen molar-refractivity contribution in [1.82, 2.24) is 10.6 Å². The summed E-state index contributed by atoms with van der Waals surface area (Å²) in [4.78, 5) is 34.5. The van der Waals surface area contributed by atoms with E-state index in [4.69, 9.17) is 15.2 Å². The number of hydrogen-bond acceptors (Lipinski definition) is 5. The van der Waals surface area contributed by atoms with E-state index in [0.717, 1.165) is 0 Å². The topological polar surface area (TPSA) is 120 Å². The summed E-state index contributed by atoms with van der Waals surface area (Å²) in [5, 5.41) is 5.15. The van der Waals surface area contributed by atoms with Crippen molar-refractivity contribution < 1.29 is 28.2 Å². The second-order valence-electron chi connectivity index (χ2n) is 7.92. The van der Waals surface area contributed by atoms with Crippen LogP contribution in [0.5, 0.6) is 5.75 Å². The van der Waals surface area contributed by atoms with E-state index in [2.05, 4.69) is 10.6 Å². The molecule has 1 rings (SSSR count).